The maximum atomic E-state index is 8.64. The zero-order valence-corrected chi connectivity index (χ0v) is 13.5. The Hall–Kier alpha value is -1.57. The predicted molar refractivity (Wildman–Crippen MR) is 86.5 cm³/mol. The Bertz CT molecular complexity index is 423. The SMILES string of the molecule is CCCN(CCOc1ccc(CC#N)cc1)CCN(C)C. The molecule has 116 valence electrons. The lowest BCUT2D eigenvalue weighted by Gasteiger charge is -2.23. The molecule has 0 unspecified atom stereocenters. The second kappa shape index (κ2) is 10.2. The van der Waals surface area contributed by atoms with E-state index in [1.54, 1.807) is 0 Å². The van der Waals surface area contributed by atoms with E-state index >= 15 is 0 Å². The molecule has 0 fully saturated rings. The molecule has 1 aromatic rings. The van der Waals surface area contributed by atoms with Gasteiger partial charge in [-0.1, -0.05) is 19.1 Å². The van der Waals surface area contributed by atoms with Crippen LogP contribution in [0, 0.1) is 11.3 Å². The van der Waals surface area contributed by atoms with Gasteiger partial charge in [0.2, 0.25) is 0 Å². The first-order valence-corrected chi connectivity index (χ1v) is 7.61. The van der Waals surface area contributed by atoms with Crippen LogP contribution in [0.25, 0.3) is 0 Å². The summed E-state index contributed by atoms with van der Waals surface area (Å²) in [4.78, 5) is 4.64. The van der Waals surface area contributed by atoms with Gasteiger partial charge < -0.3 is 9.64 Å². The molecule has 0 spiro atoms. The highest BCUT2D eigenvalue weighted by Crippen LogP contribution is 2.12. The van der Waals surface area contributed by atoms with Gasteiger partial charge in [-0.2, -0.15) is 5.26 Å². The zero-order valence-electron chi connectivity index (χ0n) is 13.5. The number of ether oxygens (including phenoxy) is 1. The maximum Gasteiger partial charge on any atom is 0.119 e. The van der Waals surface area contributed by atoms with Gasteiger partial charge in [0.15, 0.2) is 0 Å². The fourth-order valence-corrected chi connectivity index (χ4v) is 2.08. The van der Waals surface area contributed by atoms with E-state index in [4.69, 9.17) is 10.00 Å². The van der Waals surface area contributed by atoms with E-state index < -0.39 is 0 Å². The van der Waals surface area contributed by atoms with Crippen LogP contribution in [-0.2, 0) is 6.42 Å². The molecule has 0 aromatic heterocycles. The number of hydrogen-bond acceptors (Lipinski definition) is 4. The van der Waals surface area contributed by atoms with Gasteiger partial charge in [-0.3, -0.25) is 4.90 Å². The van der Waals surface area contributed by atoms with E-state index in [0.717, 1.165) is 43.9 Å². The average molecular weight is 289 g/mol. The molecule has 0 saturated carbocycles. The van der Waals surface area contributed by atoms with E-state index in [-0.39, 0.29) is 0 Å². The minimum absolute atomic E-state index is 0.453. The first kappa shape index (κ1) is 17.5. The van der Waals surface area contributed by atoms with Crippen LogP contribution < -0.4 is 4.74 Å². The summed E-state index contributed by atoms with van der Waals surface area (Å²) in [5.74, 6) is 0.876. The summed E-state index contributed by atoms with van der Waals surface area (Å²) >= 11 is 0. The molecule has 0 aliphatic rings. The quantitative estimate of drug-likeness (QED) is 0.663. The van der Waals surface area contributed by atoms with Crippen molar-refractivity contribution < 1.29 is 4.74 Å². The second-order valence-electron chi connectivity index (χ2n) is 5.47. The van der Waals surface area contributed by atoms with Gasteiger partial charge in [-0.25, -0.2) is 0 Å². The number of benzene rings is 1. The van der Waals surface area contributed by atoms with E-state index in [0.29, 0.717) is 13.0 Å². The third kappa shape index (κ3) is 7.69. The summed E-state index contributed by atoms with van der Waals surface area (Å²) in [6, 6.07) is 9.94. The fourth-order valence-electron chi connectivity index (χ4n) is 2.08. The molecule has 0 heterocycles. The molecule has 0 saturated heterocycles. The van der Waals surface area contributed by atoms with Crippen molar-refractivity contribution in [1.82, 2.24) is 9.80 Å². The molecule has 4 heteroatoms. The van der Waals surface area contributed by atoms with Crippen molar-refractivity contribution >= 4 is 0 Å². The van der Waals surface area contributed by atoms with Crippen LogP contribution in [0.4, 0.5) is 0 Å². The highest BCUT2D eigenvalue weighted by molar-refractivity contribution is 5.28. The van der Waals surface area contributed by atoms with E-state index in [1.807, 2.05) is 24.3 Å². The van der Waals surface area contributed by atoms with Crippen molar-refractivity contribution in [2.45, 2.75) is 19.8 Å². The van der Waals surface area contributed by atoms with Gasteiger partial charge in [0.05, 0.1) is 12.5 Å². The highest BCUT2D eigenvalue weighted by atomic mass is 16.5. The first-order valence-electron chi connectivity index (χ1n) is 7.61. The summed E-state index contributed by atoms with van der Waals surface area (Å²) in [5.41, 5.74) is 1.03. The van der Waals surface area contributed by atoms with Gasteiger partial charge in [0, 0.05) is 19.6 Å². The number of hydrogen-bond donors (Lipinski definition) is 0. The van der Waals surface area contributed by atoms with Crippen molar-refractivity contribution in [1.29, 1.82) is 5.26 Å². The van der Waals surface area contributed by atoms with E-state index in [9.17, 15) is 0 Å². The van der Waals surface area contributed by atoms with Crippen LogP contribution in [0.5, 0.6) is 5.75 Å². The third-order valence-electron chi connectivity index (χ3n) is 3.29. The lowest BCUT2D eigenvalue weighted by molar-refractivity contribution is 0.194. The van der Waals surface area contributed by atoms with Crippen molar-refractivity contribution in [3.05, 3.63) is 29.8 Å². The monoisotopic (exact) mass is 289 g/mol. The predicted octanol–water partition coefficient (Wildman–Crippen LogP) is 2.41. The van der Waals surface area contributed by atoms with Crippen LogP contribution >= 0.6 is 0 Å². The van der Waals surface area contributed by atoms with Crippen LogP contribution in [0.3, 0.4) is 0 Å². The molecule has 1 rings (SSSR count). The lowest BCUT2D eigenvalue weighted by Crippen LogP contribution is -2.35. The Balaban J connectivity index is 2.33. The Morgan fingerprint density at radius 1 is 1.05 bits per heavy atom. The first-order chi connectivity index (χ1) is 10.2. The molecule has 0 aliphatic carbocycles. The molecule has 0 atom stereocenters. The summed E-state index contributed by atoms with van der Waals surface area (Å²) in [6.07, 6.45) is 1.62. The molecule has 0 bridgehead atoms. The average Bonchev–Trinajstić information content (AvgIpc) is 2.47. The summed E-state index contributed by atoms with van der Waals surface area (Å²) in [7, 11) is 4.20. The Morgan fingerprint density at radius 2 is 1.76 bits per heavy atom. The Labute approximate surface area is 128 Å². The molecular weight excluding hydrogens is 262 g/mol. The standard InChI is InChI=1S/C17H27N3O/c1-4-11-20(13-12-19(2)3)14-15-21-17-7-5-16(6-8-17)9-10-18/h5-8H,4,9,11-15H2,1-3H3. The number of rotatable bonds is 10. The van der Waals surface area contributed by atoms with Crippen LogP contribution in [0.1, 0.15) is 18.9 Å². The zero-order chi connectivity index (χ0) is 15.5. The molecular formula is C17H27N3O. The summed E-state index contributed by atoms with van der Waals surface area (Å²) < 4.78 is 5.78. The van der Waals surface area contributed by atoms with E-state index in [1.165, 1.54) is 0 Å². The molecule has 0 N–H and O–H groups in total. The second-order valence-corrected chi connectivity index (χ2v) is 5.47. The number of nitriles is 1. The van der Waals surface area contributed by atoms with Gasteiger partial charge in [0.1, 0.15) is 12.4 Å². The fraction of sp³-hybridized carbons (Fsp3) is 0.588. The molecule has 0 radical (unpaired) electrons. The topological polar surface area (TPSA) is 39.5 Å². The Morgan fingerprint density at radius 3 is 2.33 bits per heavy atom. The number of nitrogens with zero attached hydrogens (tertiary/aromatic N) is 3. The van der Waals surface area contributed by atoms with Crippen LogP contribution in [0.15, 0.2) is 24.3 Å². The van der Waals surface area contributed by atoms with Crippen molar-refractivity contribution in [3.63, 3.8) is 0 Å². The third-order valence-corrected chi connectivity index (χ3v) is 3.29. The molecule has 21 heavy (non-hydrogen) atoms. The van der Waals surface area contributed by atoms with Crippen molar-refractivity contribution in [3.8, 4) is 11.8 Å². The summed E-state index contributed by atoms with van der Waals surface area (Å²) in [6.45, 7) is 7.11. The van der Waals surface area contributed by atoms with Crippen LogP contribution in [0.2, 0.25) is 0 Å². The highest BCUT2D eigenvalue weighted by Gasteiger charge is 2.05. The van der Waals surface area contributed by atoms with E-state index in [2.05, 4.69) is 36.9 Å². The maximum absolute atomic E-state index is 8.64. The minimum Gasteiger partial charge on any atom is -0.492 e. The van der Waals surface area contributed by atoms with Crippen molar-refractivity contribution in [2.75, 3.05) is 46.9 Å². The Kier molecular flexibility index (Phi) is 8.49. The van der Waals surface area contributed by atoms with Gasteiger partial charge in [-0.15, -0.1) is 0 Å². The molecule has 4 nitrogen and oxygen atoms in total. The van der Waals surface area contributed by atoms with Crippen LogP contribution in [-0.4, -0.2) is 56.7 Å². The van der Waals surface area contributed by atoms with Gasteiger partial charge in [-0.05, 0) is 44.8 Å². The molecule has 0 aliphatic heterocycles. The number of likely N-dealkylation sites (N-methyl/N-ethyl adjacent to an activating group) is 1. The minimum atomic E-state index is 0.453. The molecule has 1 aromatic carbocycles. The normalized spacial score (nSPS) is 10.9. The summed E-state index contributed by atoms with van der Waals surface area (Å²) in [5, 5.41) is 8.64. The molecule has 0 amide bonds. The smallest absolute Gasteiger partial charge is 0.119 e. The van der Waals surface area contributed by atoms with Gasteiger partial charge >= 0.3 is 0 Å². The van der Waals surface area contributed by atoms with Crippen molar-refractivity contribution in [2.24, 2.45) is 0 Å². The largest absolute Gasteiger partial charge is 0.492 e. The lowest BCUT2D eigenvalue weighted by atomic mass is 10.2. The van der Waals surface area contributed by atoms with Gasteiger partial charge in [0.25, 0.3) is 0 Å².